The van der Waals surface area contributed by atoms with E-state index in [0.717, 1.165) is 6.07 Å². The first-order chi connectivity index (χ1) is 19.6. The summed E-state index contributed by atoms with van der Waals surface area (Å²) in [6, 6.07) is 11.1. The van der Waals surface area contributed by atoms with E-state index in [1.54, 1.807) is 39.8 Å². The summed E-state index contributed by atoms with van der Waals surface area (Å²) in [6.07, 6.45) is 1.38. The SMILES string of the molecule is CCn1cc(C(=O)OCC(=O)N(CCC#N)c2cccc(Cl)c2)c(=O)c2cc(F)c(N3CCN(C(C)=O)CC3)cc21. The lowest BCUT2D eigenvalue weighted by Gasteiger charge is -2.36. The number of piperazine rings is 1. The predicted octanol–water partition coefficient (Wildman–Crippen LogP) is 3.59. The maximum Gasteiger partial charge on any atom is 0.344 e. The van der Waals surface area contributed by atoms with E-state index in [9.17, 15) is 19.2 Å². The Bertz CT molecular complexity index is 1590. The fourth-order valence-electron chi connectivity index (χ4n) is 4.80. The third kappa shape index (κ3) is 6.49. The van der Waals surface area contributed by atoms with Crippen molar-refractivity contribution in [2.45, 2.75) is 26.8 Å². The van der Waals surface area contributed by atoms with Gasteiger partial charge in [-0.1, -0.05) is 17.7 Å². The minimum atomic E-state index is -1.02. The molecule has 0 unspecified atom stereocenters. The van der Waals surface area contributed by atoms with Gasteiger partial charge in [0.15, 0.2) is 6.61 Å². The molecule has 1 saturated heterocycles. The van der Waals surface area contributed by atoms with Crippen LogP contribution in [0, 0.1) is 17.1 Å². The van der Waals surface area contributed by atoms with E-state index in [1.807, 2.05) is 17.9 Å². The normalized spacial score (nSPS) is 13.1. The zero-order chi connectivity index (χ0) is 29.7. The van der Waals surface area contributed by atoms with Crippen LogP contribution >= 0.6 is 11.6 Å². The van der Waals surface area contributed by atoms with E-state index in [1.165, 1.54) is 18.0 Å². The number of ether oxygens (including phenoxy) is 1. The molecule has 0 bridgehead atoms. The topological polar surface area (TPSA) is 116 Å². The molecule has 1 aliphatic heterocycles. The highest BCUT2D eigenvalue weighted by atomic mass is 35.5. The van der Waals surface area contributed by atoms with Gasteiger partial charge in [0, 0.05) is 68.5 Å². The van der Waals surface area contributed by atoms with Crippen molar-refractivity contribution >= 4 is 51.7 Å². The molecule has 0 atom stereocenters. The molecule has 1 aliphatic rings. The van der Waals surface area contributed by atoms with E-state index in [0.29, 0.717) is 54.6 Å². The molecule has 0 spiro atoms. The van der Waals surface area contributed by atoms with Crippen molar-refractivity contribution in [3.05, 3.63) is 69.2 Å². The summed E-state index contributed by atoms with van der Waals surface area (Å²) in [7, 11) is 0. The van der Waals surface area contributed by atoms with E-state index in [-0.39, 0.29) is 29.8 Å². The Morgan fingerprint density at radius 3 is 2.51 bits per heavy atom. The Hall–Kier alpha value is -4.43. The molecule has 4 rings (SSSR count). The van der Waals surface area contributed by atoms with Crippen molar-refractivity contribution in [3.63, 3.8) is 0 Å². The number of hydrogen-bond acceptors (Lipinski definition) is 7. The first kappa shape index (κ1) is 29.6. The second-order valence-corrected chi connectivity index (χ2v) is 9.92. The molecule has 1 aromatic heterocycles. The summed E-state index contributed by atoms with van der Waals surface area (Å²) in [6.45, 7) is 4.86. The third-order valence-corrected chi connectivity index (χ3v) is 7.21. The standard InChI is InChI=1S/C29H29ClFN5O5/c1-3-33-17-23(29(40)41-18-27(38)36(9-5-8-32)21-7-4-6-20(30)14-21)28(39)22-15-24(31)26(16-25(22)33)35-12-10-34(11-13-35)19(2)37/h4,6-7,14-17H,3,5,9-13,18H2,1-2H3. The van der Waals surface area contributed by atoms with Crippen molar-refractivity contribution in [1.82, 2.24) is 9.47 Å². The molecule has 41 heavy (non-hydrogen) atoms. The van der Waals surface area contributed by atoms with Gasteiger partial charge in [0.2, 0.25) is 11.3 Å². The van der Waals surface area contributed by atoms with E-state index < -0.39 is 29.7 Å². The van der Waals surface area contributed by atoms with Crippen LogP contribution in [0.1, 0.15) is 30.6 Å². The lowest BCUT2D eigenvalue weighted by Crippen LogP contribution is -2.48. The number of carbonyl (C=O) groups is 3. The largest absolute Gasteiger partial charge is 0.452 e. The molecule has 0 N–H and O–H groups in total. The first-order valence-electron chi connectivity index (χ1n) is 13.1. The Balaban J connectivity index is 1.57. The molecule has 0 aliphatic carbocycles. The molecule has 2 amide bonds. The lowest BCUT2D eigenvalue weighted by atomic mass is 10.1. The Morgan fingerprint density at radius 2 is 1.88 bits per heavy atom. The van der Waals surface area contributed by atoms with E-state index in [4.69, 9.17) is 21.6 Å². The number of anilines is 2. The average molecular weight is 582 g/mol. The second-order valence-electron chi connectivity index (χ2n) is 9.48. The smallest absolute Gasteiger partial charge is 0.344 e. The molecule has 10 nitrogen and oxygen atoms in total. The summed E-state index contributed by atoms with van der Waals surface area (Å²) < 4.78 is 22.1. The number of aryl methyl sites for hydroxylation is 1. The van der Waals surface area contributed by atoms with Crippen LogP contribution in [0.4, 0.5) is 15.8 Å². The fourth-order valence-corrected chi connectivity index (χ4v) is 4.98. The third-order valence-electron chi connectivity index (χ3n) is 6.97. The number of halogens is 2. The number of carbonyl (C=O) groups excluding carboxylic acids is 3. The Kier molecular flexibility index (Phi) is 9.24. The molecular formula is C29H29ClFN5O5. The van der Waals surface area contributed by atoms with Gasteiger partial charge in [-0.05, 0) is 37.3 Å². The summed E-state index contributed by atoms with van der Waals surface area (Å²) >= 11 is 6.04. The summed E-state index contributed by atoms with van der Waals surface area (Å²) in [4.78, 5) is 55.7. The van der Waals surface area contributed by atoms with Gasteiger partial charge in [-0.15, -0.1) is 0 Å². The number of rotatable bonds is 8. The van der Waals surface area contributed by atoms with Crippen molar-refractivity contribution < 1.29 is 23.5 Å². The first-order valence-corrected chi connectivity index (χ1v) is 13.5. The number of pyridine rings is 1. The van der Waals surface area contributed by atoms with Crippen LogP contribution in [0.15, 0.2) is 47.4 Å². The molecular weight excluding hydrogens is 553 g/mol. The van der Waals surface area contributed by atoms with Crippen LogP contribution in [0.25, 0.3) is 10.9 Å². The molecule has 214 valence electrons. The number of aromatic nitrogens is 1. The molecule has 3 aromatic rings. The van der Waals surface area contributed by atoms with Gasteiger partial charge < -0.3 is 24.0 Å². The summed E-state index contributed by atoms with van der Waals surface area (Å²) in [5.74, 6) is -2.29. The second kappa shape index (κ2) is 12.8. The lowest BCUT2D eigenvalue weighted by molar-refractivity contribution is -0.129. The predicted molar refractivity (Wildman–Crippen MR) is 153 cm³/mol. The molecule has 2 heterocycles. The van der Waals surface area contributed by atoms with Crippen LogP contribution in [0.5, 0.6) is 0 Å². The Morgan fingerprint density at radius 1 is 1.15 bits per heavy atom. The van der Waals surface area contributed by atoms with Gasteiger partial charge in [-0.2, -0.15) is 5.26 Å². The number of amides is 2. The van der Waals surface area contributed by atoms with Crippen LogP contribution in [-0.2, 0) is 20.9 Å². The van der Waals surface area contributed by atoms with Crippen LogP contribution in [0.2, 0.25) is 5.02 Å². The maximum atomic E-state index is 15.3. The zero-order valence-corrected chi connectivity index (χ0v) is 23.5. The van der Waals surface area contributed by atoms with Crippen molar-refractivity contribution in [2.24, 2.45) is 0 Å². The van der Waals surface area contributed by atoms with Crippen molar-refractivity contribution in [1.29, 1.82) is 5.26 Å². The van der Waals surface area contributed by atoms with Crippen molar-refractivity contribution in [3.8, 4) is 6.07 Å². The fraction of sp³-hybridized carbons (Fsp3) is 0.345. The summed E-state index contributed by atoms with van der Waals surface area (Å²) in [5.41, 5.74) is 0.133. The zero-order valence-electron chi connectivity index (χ0n) is 22.7. The monoisotopic (exact) mass is 581 g/mol. The van der Waals surface area contributed by atoms with Gasteiger partial charge in [-0.25, -0.2) is 9.18 Å². The average Bonchev–Trinajstić information content (AvgIpc) is 2.96. The highest BCUT2D eigenvalue weighted by Gasteiger charge is 2.25. The number of nitriles is 1. The number of hydrogen-bond donors (Lipinski definition) is 0. The van der Waals surface area contributed by atoms with Crippen LogP contribution in [-0.4, -0.2) is 66.6 Å². The van der Waals surface area contributed by atoms with Gasteiger partial charge in [-0.3, -0.25) is 14.4 Å². The van der Waals surface area contributed by atoms with E-state index >= 15 is 4.39 Å². The van der Waals surface area contributed by atoms with Crippen molar-refractivity contribution in [2.75, 3.05) is 49.1 Å². The molecule has 0 saturated carbocycles. The van der Waals surface area contributed by atoms with Gasteiger partial charge in [0.05, 0.1) is 23.7 Å². The Labute approximate surface area is 241 Å². The molecule has 1 fully saturated rings. The van der Waals surface area contributed by atoms with Gasteiger partial charge in [0.1, 0.15) is 11.4 Å². The minimum Gasteiger partial charge on any atom is -0.452 e. The molecule has 0 radical (unpaired) electrons. The summed E-state index contributed by atoms with van der Waals surface area (Å²) in [5, 5.41) is 9.39. The number of esters is 1. The quantitative estimate of drug-likeness (QED) is 0.373. The van der Waals surface area contributed by atoms with E-state index in [2.05, 4.69) is 0 Å². The van der Waals surface area contributed by atoms with Crippen LogP contribution in [0.3, 0.4) is 0 Å². The van der Waals surface area contributed by atoms with Gasteiger partial charge >= 0.3 is 5.97 Å². The molecule has 12 heteroatoms. The number of fused-ring (bicyclic) bond motifs is 1. The van der Waals surface area contributed by atoms with Gasteiger partial charge in [0.25, 0.3) is 5.91 Å². The maximum absolute atomic E-state index is 15.3. The minimum absolute atomic E-state index is 0.00539. The number of benzene rings is 2. The number of nitrogens with zero attached hydrogens (tertiary/aromatic N) is 5. The highest BCUT2D eigenvalue weighted by Crippen LogP contribution is 2.27. The highest BCUT2D eigenvalue weighted by molar-refractivity contribution is 6.30. The van der Waals surface area contributed by atoms with Crippen LogP contribution < -0.4 is 15.2 Å². The molecule has 2 aromatic carbocycles.